The zero-order chi connectivity index (χ0) is 17.4. The molecule has 2 heterocycles. The highest BCUT2D eigenvalue weighted by Crippen LogP contribution is 2.17. The summed E-state index contributed by atoms with van der Waals surface area (Å²) in [6.45, 7) is 3.93. The van der Waals surface area contributed by atoms with Crippen LogP contribution >= 0.6 is 0 Å². The van der Waals surface area contributed by atoms with Crippen LogP contribution in [0.4, 0.5) is 0 Å². The Labute approximate surface area is 141 Å². The number of furan rings is 1. The second kappa shape index (κ2) is 8.90. The van der Waals surface area contributed by atoms with E-state index in [2.05, 4.69) is 10.6 Å². The van der Waals surface area contributed by atoms with Crippen LogP contribution in [0.1, 0.15) is 25.5 Å². The van der Waals surface area contributed by atoms with Crippen LogP contribution in [-0.2, 0) is 14.4 Å². The molecule has 0 bridgehead atoms. The molecule has 7 nitrogen and oxygen atoms in total. The van der Waals surface area contributed by atoms with Crippen LogP contribution < -0.4 is 10.6 Å². The van der Waals surface area contributed by atoms with Crippen molar-refractivity contribution in [1.29, 1.82) is 0 Å². The van der Waals surface area contributed by atoms with Gasteiger partial charge in [0.05, 0.1) is 6.26 Å². The summed E-state index contributed by atoms with van der Waals surface area (Å²) in [6.07, 6.45) is 6.33. The third-order valence-corrected chi connectivity index (χ3v) is 3.95. The summed E-state index contributed by atoms with van der Waals surface area (Å²) in [5.74, 6) is -0.325. The molecule has 0 unspecified atom stereocenters. The molecule has 1 fully saturated rings. The summed E-state index contributed by atoms with van der Waals surface area (Å²) >= 11 is 0. The van der Waals surface area contributed by atoms with Gasteiger partial charge in [0.1, 0.15) is 5.76 Å². The van der Waals surface area contributed by atoms with Crippen LogP contribution in [0.2, 0.25) is 0 Å². The van der Waals surface area contributed by atoms with Crippen molar-refractivity contribution in [1.82, 2.24) is 15.5 Å². The third-order valence-electron chi connectivity index (χ3n) is 3.95. The van der Waals surface area contributed by atoms with E-state index in [-0.39, 0.29) is 11.8 Å². The zero-order valence-corrected chi connectivity index (χ0v) is 13.8. The molecule has 3 amide bonds. The van der Waals surface area contributed by atoms with Gasteiger partial charge >= 0.3 is 11.8 Å². The number of hydrogen-bond donors (Lipinski definition) is 2. The lowest BCUT2D eigenvalue weighted by molar-refractivity contribution is -0.139. The van der Waals surface area contributed by atoms with Gasteiger partial charge in [0.25, 0.3) is 0 Å². The van der Waals surface area contributed by atoms with Gasteiger partial charge in [-0.3, -0.25) is 14.4 Å². The lowest BCUT2D eigenvalue weighted by atomic mass is 9.96. The second-order valence-corrected chi connectivity index (χ2v) is 5.69. The Morgan fingerprint density at radius 1 is 1.25 bits per heavy atom. The SMILES string of the molecule is CCNC(=O)C(=O)NCC1CCN(C(=O)/C=C/c2ccco2)CC1. The van der Waals surface area contributed by atoms with Crippen LogP contribution in [0.25, 0.3) is 6.08 Å². The van der Waals surface area contributed by atoms with E-state index in [1.807, 2.05) is 0 Å². The number of piperidine rings is 1. The molecule has 1 aromatic rings. The molecule has 0 aliphatic carbocycles. The Kier molecular flexibility index (Phi) is 6.60. The van der Waals surface area contributed by atoms with Crippen molar-refractivity contribution in [2.45, 2.75) is 19.8 Å². The van der Waals surface area contributed by atoms with Gasteiger partial charge in [0.15, 0.2) is 0 Å². The van der Waals surface area contributed by atoms with Crippen molar-refractivity contribution in [3.63, 3.8) is 0 Å². The third kappa shape index (κ3) is 5.26. The average Bonchev–Trinajstić information content (AvgIpc) is 3.11. The number of likely N-dealkylation sites (N-methyl/N-ethyl adjacent to an activating group) is 1. The van der Waals surface area contributed by atoms with Gasteiger partial charge < -0.3 is 20.0 Å². The minimum Gasteiger partial charge on any atom is -0.465 e. The topological polar surface area (TPSA) is 91.7 Å². The molecular formula is C17H23N3O4. The van der Waals surface area contributed by atoms with Crippen LogP contribution in [0.5, 0.6) is 0 Å². The highest BCUT2D eigenvalue weighted by molar-refractivity contribution is 6.35. The Hall–Kier alpha value is -2.57. The van der Waals surface area contributed by atoms with Crippen LogP contribution in [0.15, 0.2) is 28.9 Å². The van der Waals surface area contributed by atoms with Gasteiger partial charge in [0, 0.05) is 32.3 Å². The predicted octanol–water partition coefficient (Wildman–Crippen LogP) is 0.784. The Morgan fingerprint density at radius 2 is 1.96 bits per heavy atom. The maximum Gasteiger partial charge on any atom is 0.309 e. The molecule has 0 atom stereocenters. The minimum absolute atomic E-state index is 0.0452. The van der Waals surface area contributed by atoms with E-state index in [9.17, 15) is 14.4 Å². The number of likely N-dealkylation sites (tertiary alicyclic amines) is 1. The molecule has 0 spiro atoms. The van der Waals surface area contributed by atoms with Gasteiger partial charge in [-0.05, 0) is 43.9 Å². The number of carbonyl (C=O) groups excluding carboxylic acids is 3. The quantitative estimate of drug-likeness (QED) is 0.615. The number of nitrogens with one attached hydrogen (secondary N) is 2. The van der Waals surface area contributed by atoms with E-state index in [4.69, 9.17) is 4.42 Å². The molecule has 1 aliphatic rings. The van der Waals surface area contributed by atoms with Crippen LogP contribution in [0, 0.1) is 5.92 Å². The molecule has 0 aromatic carbocycles. The zero-order valence-electron chi connectivity index (χ0n) is 13.8. The van der Waals surface area contributed by atoms with Crippen molar-refractivity contribution >= 4 is 23.8 Å². The van der Waals surface area contributed by atoms with Crippen molar-refractivity contribution in [2.75, 3.05) is 26.2 Å². The molecule has 2 N–H and O–H groups in total. The van der Waals surface area contributed by atoms with E-state index >= 15 is 0 Å². The molecular weight excluding hydrogens is 310 g/mol. The van der Waals surface area contributed by atoms with E-state index in [1.165, 1.54) is 6.08 Å². The fourth-order valence-electron chi connectivity index (χ4n) is 2.56. The summed E-state index contributed by atoms with van der Waals surface area (Å²) in [6, 6.07) is 3.55. The second-order valence-electron chi connectivity index (χ2n) is 5.69. The molecule has 0 radical (unpaired) electrons. The van der Waals surface area contributed by atoms with Crippen molar-refractivity contribution in [3.05, 3.63) is 30.2 Å². The molecule has 1 aliphatic heterocycles. The average molecular weight is 333 g/mol. The Balaban J connectivity index is 1.70. The number of rotatable bonds is 5. The van der Waals surface area contributed by atoms with Gasteiger partial charge in [-0.1, -0.05) is 0 Å². The molecule has 1 saturated heterocycles. The van der Waals surface area contributed by atoms with Crippen molar-refractivity contribution < 1.29 is 18.8 Å². The largest absolute Gasteiger partial charge is 0.465 e. The van der Waals surface area contributed by atoms with Crippen LogP contribution in [0.3, 0.4) is 0 Å². The van der Waals surface area contributed by atoms with Crippen molar-refractivity contribution in [2.24, 2.45) is 5.92 Å². The molecule has 24 heavy (non-hydrogen) atoms. The summed E-state index contributed by atoms with van der Waals surface area (Å²) in [7, 11) is 0. The Morgan fingerprint density at radius 3 is 2.58 bits per heavy atom. The maximum atomic E-state index is 12.1. The van der Waals surface area contributed by atoms with Gasteiger partial charge in [-0.15, -0.1) is 0 Å². The standard InChI is InChI=1S/C17H23N3O4/c1-2-18-16(22)17(23)19-12-13-7-9-20(10-8-13)15(21)6-5-14-4-3-11-24-14/h3-6,11,13H,2,7-10,12H2,1H3,(H,18,22)(H,19,23)/b6-5+. The van der Waals surface area contributed by atoms with Gasteiger partial charge in [-0.2, -0.15) is 0 Å². The summed E-state index contributed by atoms with van der Waals surface area (Å²) in [5, 5.41) is 5.11. The van der Waals surface area contributed by atoms with Gasteiger partial charge in [-0.25, -0.2) is 0 Å². The number of amides is 3. The number of carbonyl (C=O) groups is 3. The first-order chi connectivity index (χ1) is 11.6. The van der Waals surface area contributed by atoms with E-state index < -0.39 is 11.8 Å². The maximum absolute atomic E-state index is 12.1. The number of hydrogen-bond acceptors (Lipinski definition) is 4. The first-order valence-electron chi connectivity index (χ1n) is 8.16. The van der Waals surface area contributed by atoms with E-state index in [1.54, 1.807) is 36.3 Å². The number of nitrogens with zero attached hydrogens (tertiary/aromatic N) is 1. The normalized spacial score (nSPS) is 15.5. The predicted molar refractivity (Wildman–Crippen MR) is 88.7 cm³/mol. The highest BCUT2D eigenvalue weighted by atomic mass is 16.3. The fraction of sp³-hybridized carbons (Fsp3) is 0.471. The molecule has 0 saturated carbocycles. The molecule has 1 aromatic heterocycles. The first kappa shape index (κ1) is 17.8. The molecule has 7 heteroatoms. The van der Waals surface area contributed by atoms with Crippen molar-refractivity contribution in [3.8, 4) is 0 Å². The fourth-order valence-corrected chi connectivity index (χ4v) is 2.56. The van der Waals surface area contributed by atoms with E-state index in [0.717, 1.165) is 12.8 Å². The van der Waals surface area contributed by atoms with E-state index in [0.29, 0.717) is 31.9 Å². The van der Waals surface area contributed by atoms with Gasteiger partial charge in [0.2, 0.25) is 5.91 Å². The monoisotopic (exact) mass is 333 g/mol. The molecule has 2 rings (SSSR count). The Bertz CT molecular complexity index is 587. The first-order valence-corrected chi connectivity index (χ1v) is 8.16. The lowest BCUT2D eigenvalue weighted by Crippen LogP contribution is -2.44. The molecule has 130 valence electrons. The lowest BCUT2D eigenvalue weighted by Gasteiger charge is -2.31. The van der Waals surface area contributed by atoms with Crippen LogP contribution in [-0.4, -0.2) is 48.8 Å². The summed E-state index contributed by atoms with van der Waals surface area (Å²) < 4.78 is 5.15. The smallest absolute Gasteiger partial charge is 0.309 e. The summed E-state index contributed by atoms with van der Waals surface area (Å²) in [4.78, 5) is 36.8. The highest BCUT2D eigenvalue weighted by Gasteiger charge is 2.22. The minimum atomic E-state index is -0.604. The summed E-state index contributed by atoms with van der Waals surface area (Å²) in [5.41, 5.74) is 0.